The van der Waals surface area contributed by atoms with Gasteiger partial charge in [0.05, 0.1) is 0 Å². The number of rotatable bonds is 5. The first kappa shape index (κ1) is 20.8. The minimum atomic E-state index is -0.431. The van der Waals surface area contributed by atoms with Gasteiger partial charge in [0, 0.05) is 25.7 Å². The van der Waals surface area contributed by atoms with Crippen molar-refractivity contribution in [1.29, 1.82) is 0 Å². The zero-order chi connectivity index (χ0) is 19.3. The molecule has 0 spiro atoms. The Morgan fingerprint density at radius 3 is 2.46 bits per heavy atom. The molecular weight excluding hydrogens is 328 g/mol. The highest BCUT2D eigenvalue weighted by Gasteiger charge is 2.28. The molecule has 5 heteroatoms. The molecule has 1 amide bonds. The molecule has 2 aliphatic rings. The molecule has 0 aromatic rings. The van der Waals surface area contributed by atoms with Crippen molar-refractivity contribution >= 4 is 6.09 Å². The number of hydrogen-bond donors (Lipinski definition) is 0. The smallest absolute Gasteiger partial charge is 0.410 e. The fourth-order valence-corrected chi connectivity index (χ4v) is 3.29. The number of likely N-dealkylation sites (N-methyl/N-ethyl adjacent to an activating group) is 1. The van der Waals surface area contributed by atoms with E-state index in [4.69, 9.17) is 9.47 Å². The van der Waals surface area contributed by atoms with Crippen LogP contribution in [-0.2, 0) is 9.47 Å². The Morgan fingerprint density at radius 1 is 1.23 bits per heavy atom. The van der Waals surface area contributed by atoms with Crippen molar-refractivity contribution < 1.29 is 14.3 Å². The van der Waals surface area contributed by atoms with Crippen LogP contribution < -0.4 is 0 Å². The highest BCUT2D eigenvalue weighted by atomic mass is 16.6. The van der Waals surface area contributed by atoms with Gasteiger partial charge < -0.3 is 14.4 Å². The minimum Gasteiger partial charge on any atom is -0.493 e. The molecule has 2 rings (SSSR count). The van der Waals surface area contributed by atoms with Crippen LogP contribution in [0.2, 0.25) is 0 Å². The maximum absolute atomic E-state index is 12.1. The summed E-state index contributed by atoms with van der Waals surface area (Å²) in [5.74, 6) is 2.11. The Kier molecular flexibility index (Phi) is 7.16. The van der Waals surface area contributed by atoms with Gasteiger partial charge in [-0.2, -0.15) is 0 Å². The Bertz CT molecular complexity index is 528. The normalized spacial score (nSPS) is 24.6. The summed E-state index contributed by atoms with van der Waals surface area (Å²) >= 11 is 0. The molecule has 0 N–H and O–H groups in total. The molecule has 1 unspecified atom stereocenters. The number of likely N-dealkylation sites (tertiary alicyclic amines) is 1. The van der Waals surface area contributed by atoms with Crippen molar-refractivity contribution in [2.45, 2.75) is 59.1 Å². The number of allylic oxidation sites excluding steroid dienone is 3. The molecule has 1 heterocycles. The number of carbonyl (C=O) groups excluding carboxylic acids is 1. The quantitative estimate of drug-likeness (QED) is 0.738. The van der Waals surface area contributed by atoms with E-state index in [0.29, 0.717) is 24.5 Å². The van der Waals surface area contributed by atoms with Crippen molar-refractivity contribution in [3.8, 4) is 0 Å². The molecule has 0 radical (unpaired) electrons. The summed E-state index contributed by atoms with van der Waals surface area (Å²) in [7, 11) is 2.15. The van der Waals surface area contributed by atoms with E-state index >= 15 is 0 Å². The van der Waals surface area contributed by atoms with Gasteiger partial charge in [-0.05, 0) is 64.6 Å². The third kappa shape index (κ3) is 6.35. The standard InChI is InChI=1S/C21H36N2O3/c1-16-7-8-19(15-17(16)2)25-14-13-22(6)18-9-11-23(12-10-18)20(24)26-21(3,4)5/h7-8,15-18H,9-14H2,1-6H3/t16-,17?/m0/s1. The van der Waals surface area contributed by atoms with Gasteiger partial charge >= 0.3 is 6.09 Å². The van der Waals surface area contributed by atoms with Crippen LogP contribution in [0.25, 0.3) is 0 Å². The number of amides is 1. The molecule has 148 valence electrons. The van der Waals surface area contributed by atoms with Crippen molar-refractivity contribution in [2.75, 3.05) is 33.3 Å². The lowest BCUT2D eigenvalue weighted by Crippen LogP contribution is -2.47. The second-order valence-electron chi connectivity index (χ2n) is 8.67. The van der Waals surface area contributed by atoms with E-state index in [0.717, 1.165) is 38.2 Å². The molecule has 5 nitrogen and oxygen atoms in total. The van der Waals surface area contributed by atoms with Gasteiger partial charge in [0.15, 0.2) is 0 Å². The minimum absolute atomic E-state index is 0.193. The summed E-state index contributed by atoms with van der Waals surface area (Å²) in [6.45, 7) is 13.3. The first-order valence-corrected chi connectivity index (χ1v) is 9.86. The number of hydrogen-bond acceptors (Lipinski definition) is 4. The van der Waals surface area contributed by atoms with Crippen LogP contribution >= 0.6 is 0 Å². The predicted molar refractivity (Wildman–Crippen MR) is 105 cm³/mol. The van der Waals surface area contributed by atoms with Gasteiger partial charge in [-0.1, -0.05) is 19.9 Å². The molecule has 0 saturated carbocycles. The van der Waals surface area contributed by atoms with Crippen LogP contribution in [0.1, 0.15) is 47.5 Å². The average molecular weight is 365 g/mol. The summed E-state index contributed by atoms with van der Waals surface area (Å²) in [4.78, 5) is 16.3. The monoisotopic (exact) mass is 364 g/mol. The fraction of sp³-hybridized carbons (Fsp3) is 0.762. The Balaban J connectivity index is 1.68. The summed E-state index contributed by atoms with van der Waals surface area (Å²) < 4.78 is 11.4. The number of ether oxygens (including phenoxy) is 2. The zero-order valence-corrected chi connectivity index (χ0v) is 17.3. The summed E-state index contributed by atoms with van der Waals surface area (Å²) in [5, 5.41) is 0. The number of nitrogens with zero attached hydrogens (tertiary/aromatic N) is 2. The molecule has 1 fully saturated rings. The third-order valence-corrected chi connectivity index (χ3v) is 5.27. The van der Waals surface area contributed by atoms with E-state index in [1.54, 1.807) is 0 Å². The average Bonchev–Trinajstić information content (AvgIpc) is 2.56. The molecule has 1 aliphatic carbocycles. The van der Waals surface area contributed by atoms with Gasteiger partial charge in [-0.25, -0.2) is 4.79 Å². The van der Waals surface area contributed by atoms with E-state index in [2.05, 4.69) is 44.0 Å². The van der Waals surface area contributed by atoms with Crippen molar-refractivity contribution in [2.24, 2.45) is 11.8 Å². The first-order valence-electron chi connectivity index (χ1n) is 9.86. The van der Waals surface area contributed by atoms with Crippen molar-refractivity contribution in [3.63, 3.8) is 0 Å². The van der Waals surface area contributed by atoms with Crippen molar-refractivity contribution in [3.05, 3.63) is 24.0 Å². The van der Waals surface area contributed by atoms with Crippen LogP contribution in [-0.4, -0.2) is 60.8 Å². The highest BCUT2D eigenvalue weighted by Crippen LogP contribution is 2.23. The van der Waals surface area contributed by atoms with Crippen LogP contribution in [0.5, 0.6) is 0 Å². The topological polar surface area (TPSA) is 42.0 Å². The van der Waals surface area contributed by atoms with Gasteiger partial charge in [-0.15, -0.1) is 0 Å². The molecule has 1 saturated heterocycles. The number of piperidine rings is 1. The van der Waals surface area contributed by atoms with Gasteiger partial charge in [0.2, 0.25) is 0 Å². The molecule has 26 heavy (non-hydrogen) atoms. The Hall–Kier alpha value is -1.49. The molecule has 0 aromatic carbocycles. The molecule has 1 aliphatic heterocycles. The first-order chi connectivity index (χ1) is 12.2. The maximum Gasteiger partial charge on any atom is 0.410 e. The van der Waals surface area contributed by atoms with E-state index < -0.39 is 5.60 Å². The SMILES string of the molecule is CC1C=C(OCCN(C)C2CCN(C(=O)OC(C)(C)C)CC2)C=C[C@@H]1C. The Labute approximate surface area is 159 Å². The summed E-state index contributed by atoms with van der Waals surface area (Å²) in [6, 6.07) is 0.493. The maximum atomic E-state index is 12.1. The van der Waals surface area contributed by atoms with E-state index in [1.807, 2.05) is 25.7 Å². The van der Waals surface area contributed by atoms with E-state index in [-0.39, 0.29) is 6.09 Å². The molecule has 0 bridgehead atoms. The zero-order valence-electron chi connectivity index (χ0n) is 17.3. The predicted octanol–water partition coefficient (Wildman–Crippen LogP) is 4.06. The van der Waals surface area contributed by atoms with Crippen LogP contribution in [0.4, 0.5) is 4.79 Å². The summed E-state index contributed by atoms with van der Waals surface area (Å²) in [6.07, 6.45) is 8.28. The van der Waals surface area contributed by atoms with Crippen LogP contribution in [0, 0.1) is 11.8 Å². The van der Waals surface area contributed by atoms with Gasteiger partial charge in [-0.3, -0.25) is 4.90 Å². The third-order valence-electron chi connectivity index (χ3n) is 5.27. The molecule has 0 aromatic heterocycles. The Morgan fingerprint density at radius 2 is 1.88 bits per heavy atom. The lowest BCUT2D eigenvalue weighted by molar-refractivity contribution is 0.0147. The van der Waals surface area contributed by atoms with Crippen LogP contribution in [0.15, 0.2) is 24.0 Å². The second kappa shape index (κ2) is 8.94. The molecular formula is C21H36N2O3. The lowest BCUT2D eigenvalue weighted by atomic mass is 9.91. The second-order valence-corrected chi connectivity index (χ2v) is 8.67. The van der Waals surface area contributed by atoms with Crippen LogP contribution in [0.3, 0.4) is 0 Å². The summed E-state index contributed by atoms with van der Waals surface area (Å²) in [5.41, 5.74) is -0.431. The lowest BCUT2D eigenvalue weighted by Gasteiger charge is -2.37. The van der Waals surface area contributed by atoms with E-state index in [9.17, 15) is 4.79 Å². The van der Waals surface area contributed by atoms with Gasteiger partial charge in [0.25, 0.3) is 0 Å². The fourth-order valence-electron chi connectivity index (χ4n) is 3.29. The largest absolute Gasteiger partial charge is 0.493 e. The number of carbonyl (C=O) groups is 1. The van der Waals surface area contributed by atoms with E-state index in [1.165, 1.54) is 0 Å². The molecule has 2 atom stereocenters. The highest BCUT2D eigenvalue weighted by molar-refractivity contribution is 5.68. The van der Waals surface area contributed by atoms with Gasteiger partial charge in [0.1, 0.15) is 18.0 Å². The van der Waals surface area contributed by atoms with Crippen molar-refractivity contribution in [1.82, 2.24) is 9.80 Å².